The molecule has 0 radical (unpaired) electrons. The number of ether oxygens (including phenoxy) is 1. The van der Waals surface area contributed by atoms with Crippen molar-refractivity contribution in [1.82, 2.24) is 4.98 Å². The van der Waals surface area contributed by atoms with Gasteiger partial charge in [0.1, 0.15) is 10.8 Å². The lowest BCUT2D eigenvalue weighted by Gasteiger charge is -2.06. The minimum Gasteiger partial charge on any atom is -0.496 e. The molecule has 0 saturated carbocycles. The molecule has 0 unspecified atom stereocenters. The molecule has 0 fully saturated rings. The molecule has 0 bridgehead atoms. The Labute approximate surface area is 111 Å². The summed E-state index contributed by atoms with van der Waals surface area (Å²) in [5.74, 6) is 1.70. The van der Waals surface area contributed by atoms with E-state index in [1.165, 1.54) is 5.56 Å². The first-order valence-electron chi connectivity index (χ1n) is 5.45. The van der Waals surface area contributed by atoms with Gasteiger partial charge in [-0.2, -0.15) is 12.6 Å². The summed E-state index contributed by atoms with van der Waals surface area (Å²) < 4.78 is 5.38. The summed E-state index contributed by atoms with van der Waals surface area (Å²) in [6.07, 6.45) is 0.910. The highest BCUT2D eigenvalue weighted by molar-refractivity contribution is 7.80. The minimum atomic E-state index is 0.828. The van der Waals surface area contributed by atoms with E-state index in [4.69, 9.17) is 4.74 Å². The number of hydrogen-bond donors (Lipinski definition) is 1. The van der Waals surface area contributed by atoms with Crippen LogP contribution in [0.4, 0.5) is 0 Å². The summed E-state index contributed by atoms with van der Waals surface area (Å²) in [7, 11) is 1.69. The van der Waals surface area contributed by atoms with Gasteiger partial charge in [0.25, 0.3) is 0 Å². The molecule has 0 N–H and O–H groups in total. The van der Waals surface area contributed by atoms with E-state index in [0.29, 0.717) is 0 Å². The van der Waals surface area contributed by atoms with E-state index < -0.39 is 0 Å². The smallest absolute Gasteiger partial charge is 0.129 e. The maximum absolute atomic E-state index is 5.38. The van der Waals surface area contributed by atoms with Crippen LogP contribution in [0, 0.1) is 6.92 Å². The van der Waals surface area contributed by atoms with Crippen molar-refractivity contribution in [3.05, 3.63) is 34.8 Å². The summed E-state index contributed by atoms with van der Waals surface area (Å²) >= 11 is 5.88. The molecule has 4 heteroatoms. The van der Waals surface area contributed by atoms with Gasteiger partial charge in [-0.25, -0.2) is 4.98 Å². The lowest BCUT2D eigenvalue weighted by Crippen LogP contribution is -1.90. The molecule has 90 valence electrons. The number of hydrogen-bond acceptors (Lipinski definition) is 4. The second-order valence-corrected chi connectivity index (χ2v) is 5.13. The number of methoxy groups -OCH3 is 1. The number of rotatable bonds is 4. The maximum atomic E-state index is 5.38. The lowest BCUT2D eigenvalue weighted by molar-refractivity contribution is 0.416. The largest absolute Gasteiger partial charge is 0.496 e. The van der Waals surface area contributed by atoms with Gasteiger partial charge in [-0.1, -0.05) is 11.6 Å². The molecule has 0 aliphatic rings. The third kappa shape index (κ3) is 2.82. The van der Waals surface area contributed by atoms with E-state index in [-0.39, 0.29) is 0 Å². The first-order valence-corrected chi connectivity index (χ1v) is 6.96. The van der Waals surface area contributed by atoms with Crippen LogP contribution in [0.5, 0.6) is 5.75 Å². The summed E-state index contributed by atoms with van der Waals surface area (Å²) in [4.78, 5) is 4.61. The lowest BCUT2D eigenvalue weighted by atomic mass is 10.1. The average Bonchev–Trinajstić information content (AvgIpc) is 2.78. The average molecular weight is 265 g/mol. The van der Waals surface area contributed by atoms with E-state index in [1.807, 2.05) is 12.1 Å². The van der Waals surface area contributed by atoms with Crippen molar-refractivity contribution in [2.75, 3.05) is 12.9 Å². The zero-order valence-corrected chi connectivity index (χ0v) is 11.6. The molecule has 0 spiro atoms. The van der Waals surface area contributed by atoms with Gasteiger partial charge in [0.15, 0.2) is 0 Å². The molecule has 1 aromatic carbocycles. The predicted molar refractivity (Wildman–Crippen MR) is 76.4 cm³/mol. The normalized spacial score (nSPS) is 10.5. The van der Waals surface area contributed by atoms with E-state index >= 15 is 0 Å². The summed E-state index contributed by atoms with van der Waals surface area (Å²) in [5.41, 5.74) is 3.39. The zero-order valence-electron chi connectivity index (χ0n) is 9.93. The van der Waals surface area contributed by atoms with Crippen LogP contribution in [-0.4, -0.2) is 17.8 Å². The molecular weight excluding hydrogens is 250 g/mol. The Kier molecular flexibility index (Phi) is 4.07. The number of aromatic nitrogens is 1. The Morgan fingerprint density at radius 1 is 1.41 bits per heavy atom. The molecule has 0 aliphatic heterocycles. The van der Waals surface area contributed by atoms with Crippen molar-refractivity contribution in [3.63, 3.8) is 0 Å². The van der Waals surface area contributed by atoms with Gasteiger partial charge < -0.3 is 4.74 Å². The Bertz CT molecular complexity index is 508. The van der Waals surface area contributed by atoms with Gasteiger partial charge in [0.05, 0.1) is 18.4 Å². The number of nitrogens with zero attached hydrogens (tertiary/aromatic N) is 1. The Morgan fingerprint density at radius 3 is 2.94 bits per heavy atom. The molecule has 2 nitrogen and oxygen atoms in total. The second-order valence-electron chi connectivity index (χ2n) is 3.82. The Hall–Kier alpha value is -1.000. The highest BCUT2D eigenvalue weighted by atomic mass is 32.1. The van der Waals surface area contributed by atoms with Crippen LogP contribution in [-0.2, 0) is 6.42 Å². The summed E-state index contributed by atoms with van der Waals surface area (Å²) in [5, 5.41) is 3.11. The van der Waals surface area contributed by atoms with Gasteiger partial charge >= 0.3 is 0 Å². The third-order valence-electron chi connectivity index (χ3n) is 2.51. The number of aryl methyl sites for hydroxylation is 2. The van der Waals surface area contributed by atoms with Gasteiger partial charge in [0, 0.05) is 5.38 Å². The van der Waals surface area contributed by atoms with Crippen LogP contribution >= 0.6 is 24.0 Å². The van der Waals surface area contributed by atoms with Crippen molar-refractivity contribution < 1.29 is 4.74 Å². The van der Waals surface area contributed by atoms with E-state index in [1.54, 1.807) is 18.4 Å². The van der Waals surface area contributed by atoms with Gasteiger partial charge in [-0.15, -0.1) is 11.3 Å². The summed E-state index contributed by atoms with van der Waals surface area (Å²) in [6, 6.07) is 6.15. The topological polar surface area (TPSA) is 22.1 Å². The van der Waals surface area contributed by atoms with E-state index in [9.17, 15) is 0 Å². The zero-order chi connectivity index (χ0) is 12.3. The van der Waals surface area contributed by atoms with Crippen LogP contribution in [0.1, 0.15) is 11.3 Å². The molecule has 0 atom stereocenters. The van der Waals surface area contributed by atoms with Crippen molar-refractivity contribution in [2.45, 2.75) is 13.3 Å². The molecular formula is C13H15NOS2. The third-order valence-corrected chi connectivity index (χ3v) is 3.65. The van der Waals surface area contributed by atoms with E-state index in [2.05, 4.69) is 36.0 Å². The molecule has 0 amide bonds. The van der Waals surface area contributed by atoms with Gasteiger partial charge in [-0.05, 0) is 31.2 Å². The second kappa shape index (κ2) is 5.56. The minimum absolute atomic E-state index is 0.828. The number of benzene rings is 1. The fraction of sp³-hybridized carbons (Fsp3) is 0.308. The van der Waals surface area contributed by atoms with Crippen molar-refractivity contribution in [2.24, 2.45) is 0 Å². The van der Waals surface area contributed by atoms with Gasteiger partial charge in [-0.3, -0.25) is 0 Å². The standard InChI is InChI=1S/C13H15NOS2/c1-9-3-4-12(15-2)11(7-9)13-14-10(5-6-16)8-17-13/h3-4,7-8,16H,5-6H2,1-2H3. The monoisotopic (exact) mass is 265 g/mol. The van der Waals surface area contributed by atoms with Crippen LogP contribution in [0.15, 0.2) is 23.6 Å². The molecule has 17 heavy (non-hydrogen) atoms. The van der Waals surface area contributed by atoms with Crippen molar-refractivity contribution >= 4 is 24.0 Å². The molecule has 0 aliphatic carbocycles. The molecule has 2 rings (SSSR count). The van der Waals surface area contributed by atoms with Gasteiger partial charge in [0.2, 0.25) is 0 Å². The quantitative estimate of drug-likeness (QED) is 0.853. The van der Waals surface area contributed by atoms with Crippen LogP contribution in [0.2, 0.25) is 0 Å². The fourth-order valence-electron chi connectivity index (χ4n) is 1.65. The van der Waals surface area contributed by atoms with Crippen LogP contribution in [0.25, 0.3) is 10.6 Å². The Balaban J connectivity index is 2.40. The fourth-order valence-corrected chi connectivity index (χ4v) is 2.75. The first kappa shape index (κ1) is 12.5. The van der Waals surface area contributed by atoms with E-state index in [0.717, 1.165) is 34.2 Å². The molecule has 1 heterocycles. The maximum Gasteiger partial charge on any atom is 0.129 e. The number of thiazole rings is 1. The first-order chi connectivity index (χ1) is 8.24. The molecule has 1 aromatic heterocycles. The Morgan fingerprint density at radius 2 is 2.24 bits per heavy atom. The predicted octanol–water partition coefficient (Wildman–Crippen LogP) is 3.60. The highest BCUT2D eigenvalue weighted by Gasteiger charge is 2.10. The van der Waals surface area contributed by atoms with Crippen molar-refractivity contribution in [3.8, 4) is 16.3 Å². The SMILES string of the molecule is COc1ccc(C)cc1-c1nc(CCS)cs1. The summed E-state index contributed by atoms with van der Waals surface area (Å²) in [6.45, 7) is 2.07. The highest BCUT2D eigenvalue weighted by Crippen LogP contribution is 2.33. The van der Waals surface area contributed by atoms with Crippen LogP contribution < -0.4 is 4.74 Å². The van der Waals surface area contributed by atoms with Crippen molar-refractivity contribution in [1.29, 1.82) is 0 Å². The molecule has 2 aromatic rings. The van der Waals surface area contributed by atoms with Crippen LogP contribution in [0.3, 0.4) is 0 Å². The number of thiol groups is 1. The molecule has 0 saturated heterocycles.